The van der Waals surface area contributed by atoms with Gasteiger partial charge in [0, 0.05) is 49.6 Å². The van der Waals surface area contributed by atoms with Crippen LogP contribution in [0, 0.1) is 6.92 Å². The molecule has 0 aliphatic carbocycles. The van der Waals surface area contributed by atoms with Gasteiger partial charge >= 0.3 is 0 Å². The maximum Gasteiger partial charge on any atom is 0.222 e. The number of amides is 1. The third kappa shape index (κ3) is 5.16. The molecule has 0 bridgehead atoms. The van der Waals surface area contributed by atoms with Crippen molar-refractivity contribution < 1.29 is 9.53 Å². The summed E-state index contributed by atoms with van der Waals surface area (Å²) in [6.07, 6.45) is 4.68. The summed E-state index contributed by atoms with van der Waals surface area (Å²) in [7, 11) is 0. The standard InChI is InChI=1S/C19H22ClN3O2/c1-14-21-10-7-18(22-14)25-17-8-11-23(12-9-17)19(24)6-5-15-3-2-4-16(20)13-15/h2-4,7,10,13,17H,5-6,8-9,11-12H2,1H3. The molecular formula is C19H22ClN3O2. The summed E-state index contributed by atoms with van der Waals surface area (Å²) >= 11 is 5.98. The van der Waals surface area contributed by atoms with E-state index in [4.69, 9.17) is 16.3 Å². The van der Waals surface area contributed by atoms with E-state index in [1.165, 1.54) is 0 Å². The molecule has 1 aromatic heterocycles. The molecule has 0 saturated carbocycles. The average molecular weight is 360 g/mol. The van der Waals surface area contributed by atoms with Crippen LogP contribution in [0.4, 0.5) is 0 Å². The highest BCUT2D eigenvalue weighted by Crippen LogP contribution is 2.18. The van der Waals surface area contributed by atoms with Crippen LogP contribution in [0.5, 0.6) is 5.88 Å². The van der Waals surface area contributed by atoms with Gasteiger partial charge in [0.1, 0.15) is 11.9 Å². The second kappa shape index (κ2) is 8.30. The molecular weight excluding hydrogens is 338 g/mol. The monoisotopic (exact) mass is 359 g/mol. The highest BCUT2D eigenvalue weighted by molar-refractivity contribution is 6.30. The maximum atomic E-state index is 12.4. The summed E-state index contributed by atoms with van der Waals surface area (Å²) in [5, 5.41) is 0.711. The first-order valence-electron chi connectivity index (χ1n) is 8.58. The smallest absolute Gasteiger partial charge is 0.222 e. The number of aromatic nitrogens is 2. The zero-order valence-corrected chi connectivity index (χ0v) is 15.1. The van der Waals surface area contributed by atoms with Gasteiger partial charge in [-0.1, -0.05) is 23.7 Å². The van der Waals surface area contributed by atoms with Crippen LogP contribution in [0.2, 0.25) is 5.02 Å². The van der Waals surface area contributed by atoms with Crippen LogP contribution in [0.3, 0.4) is 0 Å². The van der Waals surface area contributed by atoms with E-state index < -0.39 is 0 Å². The van der Waals surface area contributed by atoms with E-state index in [2.05, 4.69) is 9.97 Å². The van der Waals surface area contributed by atoms with Gasteiger partial charge in [0.25, 0.3) is 0 Å². The number of ether oxygens (including phenoxy) is 1. The topological polar surface area (TPSA) is 55.3 Å². The summed E-state index contributed by atoms with van der Waals surface area (Å²) in [5.41, 5.74) is 1.10. The molecule has 2 aromatic rings. The van der Waals surface area contributed by atoms with Crippen molar-refractivity contribution in [3.63, 3.8) is 0 Å². The number of piperidine rings is 1. The largest absolute Gasteiger partial charge is 0.474 e. The molecule has 1 saturated heterocycles. The lowest BCUT2D eigenvalue weighted by molar-refractivity contribution is -0.132. The van der Waals surface area contributed by atoms with E-state index in [1.807, 2.05) is 36.1 Å². The molecule has 3 rings (SSSR count). The molecule has 5 nitrogen and oxygen atoms in total. The average Bonchev–Trinajstić information content (AvgIpc) is 2.60. The highest BCUT2D eigenvalue weighted by atomic mass is 35.5. The third-order valence-corrected chi connectivity index (χ3v) is 4.58. The van der Waals surface area contributed by atoms with Crippen molar-refractivity contribution in [3.05, 3.63) is 52.9 Å². The Morgan fingerprint density at radius 2 is 2.12 bits per heavy atom. The number of benzene rings is 1. The van der Waals surface area contributed by atoms with E-state index in [-0.39, 0.29) is 12.0 Å². The first kappa shape index (κ1) is 17.7. The van der Waals surface area contributed by atoms with Crippen molar-refractivity contribution in [2.75, 3.05) is 13.1 Å². The van der Waals surface area contributed by atoms with Crippen LogP contribution in [0.1, 0.15) is 30.7 Å². The zero-order valence-electron chi connectivity index (χ0n) is 14.3. The first-order valence-corrected chi connectivity index (χ1v) is 8.96. The molecule has 0 N–H and O–H groups in total. The molecule has 0 spiro atoms. The van der Waals surface area contributed by atoms with Crippen molar-refractivity contribution in [3.8, 4) is 5.88 Å². The van der Waals surface area contributed by atoms with Gasteiger partial charge in [0.2, 0.25) is 11.8 Å². The second-order valence-corrected chi connectivity index (χ2v) is 6.71. The molecule has 0 radical (unpaired) electrons. The van der Waals surface area contributed by atoms with Gasteiger partial charge in [-0.15, -0.1) is 0 Å². The number of halogens is 1. The number of nitrogens with zero attached hydrogens (tertiary/aromatic N) is 3. The van der Waals surface area contributed by atoms with Crippen molar-refractivity contribution in [2.24, 2.45) is 0 Å². The van der Waals surface area contributed by atoms with E-state index in [9.17, 15) is 4.79 Å². The molecule has 2 heterocycles. The Hall–Kier alpha value is -2.14. The normalized spacial score (nSPS) is 15.2. The first-order chi connectivity index (χ1) is 12.1. The lowest BCUT2D eigenvalue weighted by Crippen LogP contribution is -2.41. The summed E-state index contributed by atoms with van der Waals surface area (Å²) in [6, 6.07) is 9.45. The van der Waals surface area contributed by atoms with Gasteiger partial charge in [0.15, 0.2) is 0 Å². The van der Waals surface area contributed by atoms with E-state index in [0.29, 0.717) is 23.1 Å². The fourth-order valence-corrected chi connectivity index (χ4v) is 3.21. The van der Waals surface area contributed by atoms with Crippen LogP contribution in [0.25, 0.3) is 0 Å². The van der Waals surface area contributed by atoms with Crippen molar-refractivity contribution >= 4 is 17.5 Å². The van der Waals surface area contributed by atoms with Crippen molar-refractivity contribution in [1.82, 2.24) is 14.9 Å². The third-order valence-electron chi connectivity index (χ3n) is 4.35. The minimum atomic E-state index is 0.103. The van der Waals surface area contributed by atoms with Gasteiger partial charge in [0.05, 0.1) is 0 Å². The van der Waals surface area contributed by atoms with E-state index in [0.717, 1.165) is 37.9 Å². The number of carbonyl (C=O) groups is 1. The number of hydrogen-bond donors (Lipinski definition) is 0. The molecule has 0 atom stereocenters. The summed E-state index contributed by atoms with van der Waals surface area (Å²) in [5.74, 6) is 1.50. The summed E-state index contributed by atoms with van der Waals surface area (Å²) < 4.78 is 5.90. The molecule has 6 heteroatoms. The molecule has 25 heavy (non-hydrogen) atoms. The molecule has 1 aliphatic heterocycles. The van der Waals surface area contributed by atoms with E-state index in [1.54, 1.807) is 12.3 Å². The van der Waals surface area contributed by atoms with Gasteiger partial charge in [-0.3, -0.25) is 4.79 Å². The minimum absolute atomic E-state index is 0.103. The molecule has 1 amide bonds. The lowest BCUT2D eigenvalue weighted by Gasteiger charge is -2.32. The van der Waals surface area contributed by atoms with Crippen LogP contribution in [0.15, 0.2) is 36.5 Å². The van der Waals surface area contributed by atoms with Crippen molar-refractivity contribution in [2.45, 2.75) is 38.7 Å². The predicted octanol–water partition coefficient (Wildman–Crippen LogP) is 3.44. The quantitative estimate of drug-likeness (QED) is 0.820. The molecule has 1 aliphatic rings. The van der Waals surface area contributed by atoms with Crippen molar-refractivity contribution in [1.29, 1.82) is 0 Å². The van der Waals surface area contributed by atoms with Gasteiger partial charge in [-0.25, -0.2) is 4.98 Å². The van der Waals surface area contributed by atoms with Crippen LogP contribution < -0.4 is 4.74 Å². The Morgan fingerprint density at radius 3 is 2.84 bits per heavy atom. The zero-order chi connectivity index (χ0) is 17.6. The SMILES string of the molecule is Cc1nccc(OC2CCN(C(=O)CCc3cccc(Cl)c3)CC2)n1. The fraction of sp³-hybridized carbons (Fsp3) is 0.421. The Morgan fingerprint density at radius 1 is 1.32 bits per heavy atom. The molecule has 1 fully saturated rings. The molecule has 0 unspecified atom stereocenters. The van der Waals surface area contributed by atoms with Crippen LogP contribution in [-0.2, 0) is 11.2 Å². The predicted molar refractivity (Wildman–Crippen MR) is 96.8 cm³/mol. The molecule has 132 valence electrons. The Kier molecular flexibility index (Phi) is 5.87. The summed E-state index contributed by atoms with van der Waals surface area (Å²) in [4.78, 5) is 22.7. The number of carbonyl (C=O) groups excluding carboxylic acids is 1. The second-order valence-electron chi connectivity index (χ2n) is 6.27. The number of rotatable bonds is 5. The van der Waals surface area contributed by atoms with Gasteiger partial charge in [-0.2, -0.15) is 4.98 Å². The van der Waals surface area contributed by atoms with Crippen LogP contribution >= 0.6 is 11.6 Å². The molecule has 1 aromatic carbocycles. The number of aryl methyl sites for hydroxylation is 2. The Labute approximate surface area is 153 Å². The lowest BCUT2D eigenvalue weighted by atomic mass is 10.1. The summed E-state index contributed by atoms with van der Waals surface area (Å²) in [6.45, 7) is 3.29. The maximum absolute atomic E-state index is 12.4. The fourth-order valence-electron chi connectivity index (χ4n) is 3.00. The van der Waals surface area contributed by atoms with E-state index >= 15 is 0 Å². The minimum Gasteiger partial charge on any atom is -0.474 e. The highest BCUT2D eigenvalue weighted by Gasteiger charge is 2.24. The Bertz CT molecular complexity index is 730. The number of hydrogen-bond acceptors (Lipinski definition) is 4. The van der Waals surface area contributed by atoms with Gasteiger partial charge in [-0.05, 0) is 31.0 Å². The number of likely N-dealkylation sites (tertiary alicyclic amines) is 1. The van der Waals surface area contributed by atoms with Gasteiger partial charge < -0.3 is 9.64 Å². The van der Waals surface area contributed by atoms with Crippen LogP contribution in [-0.4, -0.2) is 40.0 Å². The Balaban J connectivity index is 1.44.